The maximum Gasteiger partial charge on any atom is 1.00 e. The summed E-state index contributed by atoms with van der Waals surface area (Å²) >= 11 is 0. The number of hydrogen-bond acceptors (Lipinski definition) is 2. The molecule has 0 aliphatic carbocycles. The molecule has 3 heteroatoms. The summed E-state index contributed by atoms with van der Waals surface area (Å²) in [6.45, 7) is 8.28. The first-order valence-corrected chi connectivity index (χ1v) is 4.01. The standard InChI is InChI=1S/C9H18O2.K/c1-7(5-8(10)11)6-9(2,3)4;/h7H,5-6H2,1-4H3,(H,10,11);/q;+1/p-1. The Kier molecular flexibility index (Phi) is 8.49. The fraction of sp³-hybridized carbons (Fsp3) is 0.889. The van der Waals surface area contributed by atoms with Gasteiger partial charge >= 0.3 is 51.4 Å². The maximum absolute atomic E-state index is 10.2. The summed E-state index contributed by atoms with van der Waals surface area (Å²) < 4.78 is 0. The summed E-state index contributed by atoms with van der Waals surface area (Å²) in [5.74, 6) is -0.721. The molecule has 0 heterocycles. The van der Waals surface area contributed by atoms with Crippen molar-refractivity contribution in [1.29, 1.82) is 0 Å². The molecule has 0 aliphatic heterocycles. The van der Waals surface area contributed by atoms with Crippen LogP contribution in [0, 0.1) is 11.3 Å². The Morgan fingerprint density at radius 2 is 1.83 bits per heavy atom. The maximum atomic E-state index is 10.2. The van der Waals surface area contributed by atoms with Crippen molar-refractivity contribution in [2.75, 3.05) is 0 Å². The van der Waals surface area contributed by atoms with E-state index in [1.54, 1.807) is 0 Å². The molecule has 0 amide bonds. The third-order valence-corrected chi connectivity index (χ3v) is 1.48. The molecule has 0 fully saturated rings. The van der Waals surface area contributed by atoms with E-state index in [2.05, 4.69) is 20.8 Å². The van der Waals surface area contributed by atoms with Crippen LogP contribution in [0.1, 0.15) is 40.5 Å². The zero-order valence-corrected chi connectivity index (χ0v) is 11.9. The summed E-state index contributed by atoms with van der Waals surface area (Å²) in [6, 6.07) is 0. The fourth-order valence-electron chi connectivity index (χ4n) is 1.40. The van der Waals surface area contributed by atoms with Crippen molar-refractivity contribution in [1.82, 2.24) is 0 Å². The topological polar surface area (TPSA) is 40.1 Å². The van der Waals surface area contributed by atoms with Crippen molar-refractivity contribution in [3.05, 3.63) is 0 Å². The Morgan fingerprint density at radius 3 is 2.08 bits per heavy atom. The smallest absolute Gasteiger partial charge is 0.550 e. The van der Waals surface area contributed by atoms with Gasteiger partial charge in [0.15, 0.2) is 0 Å². The van der Waals surface area contributed by atoms with E-state index in [1.807, 2.05) is 6.92 Å². The zero-order chi connectivity index (χ0) is 9.07. The number of carbonyl (C=O) groups excluding carboxylic acids is 1. The largest absolute Gasteiger partial charge is 1.00 e. The van der Waals surface area contributed by atoms with E-state index in [1.165, 1.54) is 0 Å². The SMILES string of the molecule is CC(CC(=O)[O-])CC(C)(C)C.[K+]. The first-order chi connectivity index (χ1) is 4.81. The zero-order valence-electron chi connectivity index (χ0n) is 8.81. The molecule has 66 valence electrons. The molecule has 0 aromatic rings. The number of hydrogen-bond donors (Lipinski definition) is 0. The molecule has 0 saturated heterocycles. The Balaban J connectivity index is 0. The number of carboxylic acid groups (broad SMARTS) is 1. The van der Waals surface area contributed by atoms with Crippen LogP contribution in [-0.4, -0.2) is 5.97 Å². The normalized spacial score (nSPS) is 13.3. The van der Waals surface area contributed by atoms with Gasteiger partial charge in [0.2, 0.25) is 0 Å². The Morgan fingerprint density at radius 1 is 1.42 bits per heavy atom. The van der Waals surface area contributed by atoms with Crippen molar-refractivity contribution in [2.24, 2.45) is 11.3 Å². The van der Waals surface area contributed by atoms with E-state index >= 15 is 0 Å². The van der Waals surface area contributed by atoms with Crippen molar-refractivity contribution >= 4 is 5.97 Å². The van der Waals surface area contributed by atoms with Gasteiger partial charge in [-0.25, -0.2) is 0 Å². The molecule has 0 spiro atoms. The van der Waals surface area contributed by atoms with Crippen molar-refractivity contribution in [3.63, 3.8) is 0 Å². The molecule has 0 rings (SSSR count). The summed E-state index contributed by atoms with van der Waals surface area (Å²) in [5, 5.41) is 10.2. The second-order valence-corrected chi connectivity index (χ2v) is 4.45. The van der Waals surface area contributed by atoms with Gasteiger partial charge in [-0.05, 0) is 24.2 Å². The average Bonchev–Trinajstić information content (AvgIpc) is 1.53. The van der Waals surface area contributed by atoms with Crippen LogP contribution in [0.25, 0.3) is 0 Å². The summed E-state index contributed by atoms with van der Waals surface area (Å²) in [6.07, 6.45) is 1.11. The molecule has 0 aliphatic rings. The van der Waals surface area contributed by atoms with E-state index < -0.39 is 5.97 Å². The predicted molar refractivity (Wildman–Crippen MR) is 42.9 cm³/mol. The van der Waals surface area contributed by atoms with Gasteiger partial charge in [0.05, 0.1) is 0 Å². The van der Waals surface area contributed by atoms with Gasteiger partial charge in [0.25, 0.3) is 0 Å². The molecule has 2 nitrogen and oxygen atoms in total. The van der Waals surface area contributed by atoms with Crippen molar-refractivity contribution < 1.29 is 61.3 Å². The van der Waals surface area contributed by atoms with Crippen LogP contribution < -0.4 is 56.5 Å². The molecular weight excluding hydrogens is 179 g/mol. The summed E-state index contributed by atoms with van der Waals surface area (Å²) in [4.78, 5) is 10.2. The van der Waals surface area contributed by atoms with Gasteiger partial charge in [-0.1, -0.05) is 27.7 Å². The van der Waals surface area contributed by atoms with Gasteiger partial charge in [0.1, 0.15) is 0 Å². The minimum absolute atomic E-state index is 0. The monoisotopic (exact) mass is 196 g/mol. The van der Waals surface area contributed by atoms with Gasteiger partial charge in [-0.15, -0.1) is 0 Å². The third-order valence-electron chi connectivity index (χ3n) is 1.48. The molecule has 1 atom stereocenters. The summed E-state index contributed by atoms with van der Waals surface area (Å²) in [7, 11) is 0. The Bertz CT molecular complexity index is 138. The van der Waals surface area contributed by atoms with Gasteiger partial charge in [0, 0.05) is 5.97 Å². The first kappa shape index (κ1) is 15.6. The number of aliphatic carboxylic acids is 1. The van der Waals surface area contributed by atoms with Crippen LogP contribution in [0.2, 0.25) is 0 Å². The number of rotatable bonds is 3. The second kappa shape index (κ2) is 6.54. The number of carboxylic acids is 1. The molecule has 0 N–H and O–H groups in total. The van der Waals surface area contributed by atoms with Crippen LogP contribution in [0.3, 0.4) is 0 Å². The van der Waals surface area contributed by atoms with E-state index in [-0.39, 0.29) is 69.1 Å². The molecule has 0 aromatic heterocycles. The molecule has 0 bridgehead atoms. The summed E-state index contributed by atoms with van der Waals surface area (Å²) in [5.41, 5.74) is 0.217. The molecule has 0 saturated carbocycles. The van der Waals surface area contributed by atoms with Crippen LogP contribution in [0.4, 0.5) is 0 Å². The van der Waals surface area contributed by atoms with E-state index in [9.17, 15) is 9.90 Å². The molecule has 1 unspecified atom stereocenters. The van der Waals surface area contributed by atoms with E-state index in [0.717, 1.165) is 6.42 Å². The Labute approximate surface area is 118 Å². The van der Waals surface area contributed by atoms with Crippen molar-refractivity contribution in [3.8, 4) is 0 Å². The van der Waals surface area contributed by atoms with Gasteiger partial charge in [-0.3, -0.25) is 0 Å². The molecule has 0 radical (unpaired) electrons. The average molecular weight is 196 g/mol. The van der Waals surface area contributed by atoms with Gasteiger partial charge < -0.3 is 9.90 Å². The van der Waals surface area contributed by atoms with Gasteiger partial charge in [-0.2, -0.15) is 0 Å². The Hall–Kier alpha value is 1.11. The molecular formula is C9H17KO2. The number of carbonyl (C=O) groups is 1. The third kappa shape index (κ3) is 11.1. The predicted octanol–water partition coefficient (Wildman–Crippen LogP) is -1.80. The van der Waals surface area contributed by atoms with Crippen molar-refractivity contribution in [2.45, 2.75) is 40.5 Å². The van der Waals surface area contributed by atoms with E-state index in [4.69, 9.17) is 0 Å². The van der Waals surface area contributed by atoms with Crippen LogP contribution in [-0.2, 0) is 4.79 Å². The first-order valence-electron chi connectivity index (χ1n) is 4.01. The van der Waals surface area contributed by atoms with Crippen LogP contribution >= 0.6 is 0 Å². The fourth-order valence-corrected chi connectivity index (χ4v) is 1.40. The molecule has 12 heavy (non-hydrogen) atoms. The minimum atomic E-state index is -0.943. The minimum Gasteiger partial charge on any atom is -0.550 e. The second-order valence-electron chi connectivity index (χ2n) is 4.45. The molecule has 0 aromatic carbocycles. The van der Waals surface area contributed by atoms with Crippen LogP contribution in [0.5, 0.6) is 0 Å². The van der Waals surface area contributed by atoms with Crippen LogP contribution in [0.15, 0.2) is 0 Å². The van der Waals surface area contributed by atoms with E-state index in [0.29, 0.717) is 0 Å². The quantitative estimate of drug-likeness (QED) is 0.500.